The number of primary amides is 1. The summed E-state index contributed by atoms with van der Waals surface area (Å²) in [6.07, 6.45) is 0.250. The molecule has 100 valence electrons. The van der Waals surface area contributed by atoms with E-state index in [0.717, 1.165) is 5.89 Å². The van der Waals surface area contributed by atoms with Gasteiger partial charge in [0, 0.05) is 12.8 Å². The molecule has 1 aromatic heterocycles. The first kappa shape index (κ1) is 18.0. The molecule has 5 heteroatoms. The summed E-state index contributed by atoms with van der Waals surface area (Å²) in [6, 6.07) is 0. The average Bonchev–Trinajstić information content (AvgIpc) is 2.66. The minimum atomic E-state index is 0.180. The fraction of sp³-hybridized carbons (Fsp3) is 0.750. The van der Waals surface area contributed by atoms with Crippen molar-refractivity contribution in [2.75, 3.05) is 0 Å². The minimum absolute atomic E-state index is 0.180. The molecule has 1 rings (SSSR count). The van der Waals surface area contributed by atoms with Crippen LogP contribution in [0.2, 0.25) is 0 Å². The first-order valence-electron chi connectivity index (χ1n) is 5.78. The molecule has 17 heavy (non-hydrogen) atoms. The first-order chi connectivity index (χ1) is 7.82. The number of aryl methyl sites for hydroxylation is 1. The Kier molecular flexibility index (Phi) is 9.23. The topological polar surface area (TPSA) is 82.0 Å². The zero-order valence-corrected chi connectivity index (χ0v) is 11.9. The second kappa shape index (κ2) is 8.73. The number of nitrogens with zero attached hydrogens (tertiary/aromatic N) is 2. The number of aromatic nitrogens is 2. The summed E-state index contributed by atoms with van der Waals surface area (Å²) in [5.41, 5.74) is 4.35. The molecule has 2 N–H and O–H groups in total. The Morgan fingerprint density at radius 2 is 1.71 bits per heavy atom. The van der Waals surface area contributed by atoms with E-state index in [1.54, 1.807) is 0 Å². The molecule has 0 radical (unpaired) electrons. The van der Waals surface area contributed by atoms with Gasteiger partial charge in [-0.15, -0.1) is 10.2 Å². The maximum absolute atomic E-state index is 8.58. The summed E-state index contributed by atoms with van der Waals surface area (Å²) in [4.78, 5) is 8.58. The van der Waals surface area contributed by atoms with Gasteiger partial charge in [-0.05, 0) is 5.41 Å². The van der Waals surface area contributed by atoms with Crippen LogP contribution in [0.1, 0.15) is 59.2 Å². The fourth-order valence-electron chi connectivity index (χ4n) is 0.857. The molecule has 1 atom stereocenters. The van der Waals surface area contributed by atoms with Crippen molar-refractivity contribution in [2.24, 2.45) is 11.1 Å². The molecule has 0 aliphatic heterocycles. The van der Waals surface area contributed by atoms with Crippen molar-refractivity contribution < 1.29 is 9.21 Å². The smallest absolute Gasteiger partial charge is 0.219 e. The molecule has 0 spiro atoms. The summed E-state index contributed by atoms with van der Waals surface area (Å²) in [5, 5.41) is 7.80. The van der Waals surface area contributed by atoms with Crippen LogP contribution in [0.25, 0.3) is 0 Å². The number of amides is 1. The van der Waals surface area contributed by atoms with Gasteiger partial charge in [0.25, 0.3) is 0 Å². The molecule has 1 amide bonds. The maximum Gasteiger partial charge on any atom is 0.219 e. The van der Waals surface area contributed by atoms with E-state index >= 15 is 0 Å². The number of rotatable bonds is 1. The van der Waals surface area contributed by atoms with Crippen molar-refractivity contribution in [3.05, 3.63) is 11.8 Å². The molecular formula is C12H25N3O2. The molecule has 0 aliphatic carbocycles. The van der Waals surface area contributed by atoms with Gasteiger partial charge >= 0.3 is 0 Å². The molecule has 1 aromatic rings. The molecule has 0 saturated heterocycles. The lowest BCUT2D eigenvalue weighted by molar-refractivity contribution is -0.106. The van der Waals surface area contributed by atoms with Gasteiger partial charge in [-0.25, -0.2) is 0 Å². The molecule has 0 bridgehead atoms. The van der Waals surface area contributed by atoms with Crippen LogP contribution in [0.5, 0.6) is 0 Å². The lowest BCUT2D eigenvalue weighted by Crippen LogP contribution is -2.15. The Morgan fingerprint density at radius 3 is 1.94 bits per heavy atom. The third-order valence-corrected chi connectivity index (χ3v) is 2.21. The highest BCUT2D eigenvalue weighted by Crippen LogP contribution is 2.33. The number of carbonyl (C=O) groups is 1. The largest absolute Gasteiger partial charge is 0.425 e. The average molecular weight is 243 g/mol. The van der Waals surface area contributed by atoms with Gasteiger partial charge in [0.2, 0.25) is 18.2 Å². The van der Waals surface area contributed by atoms with Crippen LogP contribution >= 0.6 is 0 Å². The van der Waals surface area contributed by atoms with Gasteiger partial charge in [0.1, 0.15) is 0 Å². The Hall–Kier alpha value is -1.39. The number of hydrogen-bond acceptors (Lipinski definition) is 4. The van der Waals surface area contributed by atoms with Crippen molar-refractivity contribution >= 4 is 6.41 Å². The molecule has 1 unspecified atom stereocenters. The van der Waals surface area contributed by atoms with Gasteiger partial charge < -0.3 is 10.2 Å². The van der Waals surface area contributed by atoms with Crippen LogP contribution < -0.4 is 5.73 Å². The highest BCUT2D eigenvalue weighted by molar-refractivity contribution is 5.42. The molecule has 0 aliphatic rings. The van der Waals surface area contributed by atoms with Gasteiger partial charge in [-0.3, -0.25) is 4.79 Å². The van der Waals surface area contributed by atoms with Crippen LogP contribution in [0, 0.1) is 12.3 Å². The second-order valence-corrected chi connectivity index (χ2v) is 4.38. The second-order valence-electron chi connectivity index (χ2n) is 4.38. The van der Waals surface area contributed by atoms with E-state index in [0.29, 0.717) is 11.8 Å². The van der Waals surface area contributed by atoms with Crippen LogP contribution in [-0.4, -0.2) is 16.6 Å². The Bertz CT molecular complexity index is 303. The highest BCUT2D eigenvalue weighted by atomic mass is 16.4. The molecule has 0 fully saturated rings. The van der Waals surface area contributed by atoms with Crippen molar-refractivity contribution in [3.63, 3.8) is 0 Å². The molecule has 0 aromatic carbocycles. The zero-order chi connectivity index (χ0) is 14.1. The van der Waals surface area contributed by atoms with Crippen molar-refractivity contribution in [2.45, 2.75) is 54.4 Å². The predicted octanol–water partition coefficient (Wildman–Crippen LogP) is 2.66. The van der Waals surface area contributed by atoms with Gasteiger partial charge in [0.05, 0.1) is 0 Å². The number of nitrogens with two attached hydrogens (primary N) is 1. The van der Waals surface area contributed by atoms with E-state index in [4.69, 9.17) is 9.21 Å². The summed E-state index contributed by atoms with van der Waals surface area (Å²) in [7, 11) is 0. The van der Waals surface area contributed by atoms with E-state index in [-0.39, 0.29) is 11.8 Å². The predicted molar refractivity (Wildman–Crippen MR) is 68.5 cm³/mol. The third kappa shape index (κ3) is 7.49. The number of hydrogen-bond donors (Lipinski definition) is 1. The SMILES string of the molecule is CC.Cc1nnc(C(C)C(C)(C)C)o1.NC=O. The molecular weight excluding hydrogens is 218 g/mol. The van der Waals surface area contributed by atoms with Crippen LogP contribution in [-0.2, 0) is 4.79 Å². The Morgan fingerprint density at radius 1 is 1.29 bits per heavy atom. The monoisotopic (exact) mass is 243 g/mol. The van der Waals surface area contributed by atoms with E-state index < -0.39 is 0 Å². The first-order valence-corrected chi connectivity index (χ1v) is 5.78. The summed E-state index contributed by atoms with van der Waals surface area (Å²) < 4.78 is 5.35. The summed E-state index contributed by atoms with van der Waals surface area (Å²) >= 11 is 0. The highest BCUT2D eigenvalue weighted by Gasteiger charge is 2.25. The number of carbonyl (C=O) groups excluding carboxylic acids is 1. The van der Waals surface area contributed by atoms with Gasteiger partial charge in [0.15, 0.2) is 0 Å². The molecule has 0 saturated carbocycles. The molecule has 5 nitrogen and oxygen atoms in total. The van der Waals surface area contributed by atoms with Crippen LogP contribution in [0.15, 0.2) is 4.42 Å². The van der Waals surface area contributed by atoms with Crippen molar-refractivity contribution in [1.29, 1.82) is 0 Å². The lowest BCUT2D eigenvalue weighted by atomic mass is 9.82. The minimum Gasteiger partial charge on any atom is -0.425 e. The van der Waals surface area contributed by atoms with Crippen LogP contribution in [0.4, 0.5) is 0 Å². The lowest BCUT2D eigenvalue weighted by Gasteiger charge is -2.23. The van der Waals surface area contributed by atoms with E-state index in [1.807, 2.05) is 20.8 Å². The Labute approximate surface area is 104 Å². The van der Waals surface area contributed by atoms with E-state index in [1.165, 1.54) is 0 Å². The van der Waals surface area contributed by atoms with E-state index in [9.17, 15) is 0 Å². The summed E-state index contributed by atoms with van der Waals surface area (Å²) in [6.45, 7) is 14.4. The quantitative estimate of drug-likeness (QED) is 0.769. The summed E-state index contributed by atoms with van der Waals surface area (Å²) in [5.74, 6) is 1.68. The maximum atomic E-state index is 8.58. The van der Waals surface area contributed by atoms with Crippen molar-refractivity contribution in [3.8, 4) is 0 Å². The standard InChI is InChI=1S/C9H16N2O.C2H6.CH3NO/c1-6(9(3,4)5)8-11-10-7(2)12-8;1-2;2-1-3/h6H,1-5H3;1-2H3;1H,(H2,2,3). The molecule has 1 heterocycles. The van der Waals surface area contributed by atoms with Gasteiger partial charge in [-0.2, -0.15) is 0 Å². The Balaban J connectivity index is 0. The zero-order valence-electron chi connectivity index (χ0n) is 11.9. The fourth-order valence-corrected chi connectivity index (χ4v) is 0.857. The van der Waals surface area contributed by atoms with E-state index in [2.05, 4.69) is 43.6 Å². The third-order valence-electron chi connectivity index (χ3n) is 2.21. The van der Waals surface area contributed by atoms with Crippen LogP contribution in [0.3, 0.4) is 0 Å². The van der Waals surface area contributed by atoms with Crippen molar-refractivity contribution in [1.82, 2.24) is 10.2 Å². The van der Waals surface area contributed by atoms with Gasteiger partial charge in [-0.1, -0.05) is 41.5 Å². The normalized spacial score (nSPS) is 11.5.